The van der Waals surface area contributed by atoms with E-state index in [9.17, 15) is 9.59 Å². The Balaban J connectivity index is 2.26. The Morgan fingerprint density at radius 1 is 1.33 bits per heavy atom. The number of halogens is 1. The van der Waals surface area contributed by atoms with Crippen molar-refractivity contribution in [2.45, 2.75) is 6.92 Å². The normalized spacial score (nSPS) is 10.2. The van der Waals surface area contributed by atoms with Crippen LogP contribution in [0.5, 0.6) is 5.75 Å². The number of amides is 1. The van der Waals surface area contributed by atoms with Crippen LogP contribution >= 0.6 is 27.3 Å². The van der Waals surface area contributed by atoms with Crippen molar-refractivity contribution in [2.24, 2.45) is 0 Å². The number of methoxy groups -OCH3 is 1. The van der Waals surface area contributed by atoms with Crippen LogP contribution in [0.2, 0.25) is 0 Å². The molecule has 1 aromatic heterocycles. The van der Waals surface area contributed by atoms with Crippen molar-refractivity contribution < 1.29 is 19.4 Å². The van der Waals surface area contributed by atoms with Crippen molar-refractivity contribution in [3.8, 4) is 5.75 Å². The van der Waals surface area contributed by atoms with Gasteiger partial charge in [0.25, 0.3) is 5.91 Å². The van der Waals surface area contributed by atoms with Gasteiger partial charge < -0.3 is 15.2 Å². The van der Waals surface area contributed by atoms with E-state index in [0.29, 0.717) is 26.4 Å². The average Bonchev–Trinajstić information content (AvgIpc) is 2.80. The van der Waals surface area contributed by atoms with Gasteiger partial charge in [0.05, 0.1) is 17.7 Å². The lowest BCUT2D eigenvalue weighted by Crippen LogP contribution is -2.11. The summed E-state index contributed by atoms with van der Waals surface area (Å²) in [4.78, 5) is 23.5. The number of rotatable bonds is 4. The minimum atomic E-state index is -0.999. The van der Waals surface area contributed by atoms with Crippen molar-refractivity contribution >= 4 is 44.1 Å². The van der Waals surface area contributed by atoms with E-state index in [1.54, 1.807) is 31.2 Å². The van der Waals surface area contributed by atoms with Crippen LogP contribution in [0.15, 0.2) is 28.7 Å². The number of carboxylic acid groups (broad SMARTS) is 1. The number of benzene rings is 1. The second kappa shape index (κ2) is 6.28. The number of carbonyl (C=O) groups is 2. The zero-order valence-electron chi connectivity index (χ0n) is 11.3. The first-order chi connectivity index (χ1) is 9.92. The predicted octanol–water partition coefficient (Wildman–Crippen LogP) is 3.78. The summed E-state index contributed by atoms with van der Waals surface area (Å²) in [5.41, 5.74) is 1.03. The van der Waals surface area contributed by atoms with Crippen molar-refractivity contribution in [3.63, 3.8) is 0 Å². The van der Waals surface area contributed by atoms with E-state index in [4.69, 9.17) is 9.84 Å². The molecule has 1 amide bonds. The second-order valence-electron chi connectivity index (χ2n) is 4.23. The number of hydrogen-bond acceptors (Lipinski definition) is 4. The van der Waals surface area contributed by atoms with Crippen LogP contribution in [-0.2, 0) is 0 Å². The summed E-state index contributed by atoms with van der Waals surface area (Å²) in [5.74, 6) is -0.767. The first kappa shape index (κ1) is 15.5. The van der Waals surface area contributed by atoms with E-state index in [0.717, 1.165) is 11.3 Å². The van der Waals surface area contributed by atoms with Gasteiger partial charge in [0, 0.05) is 4.47 Å². The Hall–Kier alpha value is -1.86. The minimum absolute atomic E-state index is 0.218. The van der Waals surface area contributed by atoms with E-state index in [1.165, 1.54) is 7.11 Å². The molecule has 2 rings (SSSR count). The standard InChI is InChI=1S/C14H12BrNO4S/c1-7-5-11(21-12(7)14(18)19)16-13(17)9-6-8(20-2)3-4-10(9)15/h3-6H,1-2H3,(H,16,17)(H,18,19). The summed E-state index contributed by atoms with van der Waals surface area (Å²) in [6.45, 7) is 1.69. The number of ether oxygens (including phenoxy) is 1. The molecule has 2 aromatic rings. The van der Waals surface area contributed by atoms with Crippen molar-refractivity contribution in [1.29, 1.82) is 0 Å². The SMILES string of the molecule is COc1ccc(Br)c(C(=O)Nc2cc(C)c(C(=O)O)s2)c1. The summed E-state index contributed by atoms with van der Waals surface area (Å²) in [6, 6.07) is 6.70. The molecule has 0 spiro atoms. The smallest absolute Gasteiger partial charge is 0.346 e. The highest BCUT2D eigenvalue weighted by molar-refractivity contribution is 9.10. The van der Waals surface area contributed by atoms with Gasteiger partial charge in [-0.05, 0) is 52.7 Å². The Bertz CT molecular complexity index is 711. The van der Waals surface area contributed by atoms with Crippen LogP contribution in [0.4, 0.5) is 5.00 Å². The number of thiophene rings is 1. The first-order valence-electron chi connectivity index (χ1n) is 5.91. The van der Waals surface area contributed by atoms with E-state index >= 15 is 0 Å². The molecule has 0 bridgehead atoms. The molecule has 0 fully saturated rings. The van der Waals surface area contributed by atoms with Crippen molar-refractivity contribution in [2.75, 3.05) is 12.4 Å². The minimum Gasteiger partial charge on any atom is -0.497 e. The lowest BCUT2D eigenvalue weighted by atomic mass is 10.2. The lowest BCUT2D eigenvalue weighted by molar-refractivity contribution is 0.0701. The fourth-order valence-electron chi connectivity index (χ4n) is 1.74. The Kier molecular flexibility index (Phi) is 4.64. The van der Waals surface area contributed by atoms with Gasteiger partial charge in [-0.1, -0.05) is 0 Å². The maximum absolute atomic E-state index is 12.3. The van der Waals surface area contributed by atoms with Crippen LogP contribution in [-0.4, -0.2) is 24.1 Å². The topological polar surface area (TPSA) is 75.6 Å². The Morgan fingerprint density at radius 3 is 2.62 bits per heavy atom. The predicted molar refractivity (Wildman–Crippen MR) is 84.7 cm³/mol. The fourth-order valence-corrected chi connectivity index (χ4v) is 3.07. The van der Waals surface area contributed by atoms with E-state index < -0.39 is 5.97 Å². The molecule has 0 atom stereocenters. The molecule has 7 heteroatoms. The van der Waals surface area contributed by atoms with Crippen LogP contribution in [0.1, 0.15) is 25.6 Å². The molecule has 0 saturated carbocycles. The Labute approximate surface area is 133 Å². The third kappa shape index (κ3) is 3.43. The molecule has 0 aliphatic heterocycles. The molecule has 0 aliphatic carbocycles. The molecule has 1 aromatic carbocycles. The molecule has 110 valence electrons. The van der Waals surface area contributed by atoms with Crippen LogP contribution in [0.25, 0.3) is 0 Å². The third-order valence-electron chi connectivity index (χ3n) is 2.77. The number of anilines is 1. The molecular weight excluding hydrogens is 358 g/mol. The number of aryl methyl sites for hydroxylation is 1. The van der Waals surface area contributed by atoms with Crippen LogP contribution in [0, 0.1) is 6.92 Å². The highest BCUT2D eigenvalue weighted by Gasteiger charge is 2.16. The van der Waals surface area contributed by atoms with E-state index in [2.05, 4.69) is 21.2 Å². The molecule has 0 unspecified atom stereocenters. The van der Waals surface area contributed by atoms with Crippen LogP contribution in [0.3, 0.4) is 0 Å². The lowest BCUT2D eigenvalue weighted by Gasteiger charge is -2.07. The second-order valence-corrected chi connectivity index (χ2v) is 6.13. The number of hydrogen-bond donors (Lipinski definition) is 2. The van der Waals surface area contributed by atoms with Gasteiger partial charge in [-0.25, -0.2) is 4.79 Å². The van der Waals surface area contributed by atoms with Gasteiger partial charge in [0.15, 0.2) is 0 Å². The molecular formula is C14H12BrNO4S. The van der Waals surface area contributed by atoms with Gasteiger partial charge in [0.1, 0.15) is 10.6 Å². The fraction of sp³-hybridized carbons (Fsp3) is 0.143. The maximum Gasteiger partial charge on any atom is 0.346 e. The molecule has 5 nitrogen and oxygen atoms in total. The van der Waals surface area contributed by atoms with Gasteiger partial charge in [-0.15, -0.1) is 11.3 Å². The molecule has 1 heterocycles. The Morgan fingerprint density at radius 2 is 2.05 bits per heavy atom. The third-order valence-corrected chi connectivity index (χ3v) is 4.60. The maximum atomic E-state index is 12.3. The van der Waals surface area contributed by atoms with Gasteiger partial charge in [-0.2, -0.15) is 0 Å². The molecule has 21 heavy (non-hydrogen) atoms. The van der Waals surface area contributed by atoms with E-state index in [1.807, 2.05) is 0 Å². The molecule has 0 saturated heterocycles. The molecule has 2 N–H and O–H groups in total. The molecule has 0 radical (unpaired) electrons. The van der Waals surface area contributed by atoms with Crippen molar-refractivity contribution in [1.82, 2.24) is 0 Å². The summed E-state index contributed by atoms with van der Waals surface area (Å²) < 4.78 is 5.72. The highest BCUT2D eigenvalue weighted by atomic mass is 79.9. The monoisotopic (exact) mass is 369 g/mol. The van der Waals surface area contributed by atoms with Gasteiger partial charge >= 0.3 is 5.97 Å². The largest absolute Gasteiger partial charge is 0.497 e. The first-order valence-corrected chi connectivity index (χ1v) is 7.52. The zero-order chi connectivity index (χ0) is 15.6. The summed E-state index contributed by atoms with van der Waals surface area (Å²) in [7, 11) is 1.52. The van der Waals surface area contributed by atoms with Gasteiger partial charge in [0.2, 0.25) is 0 Å². The number of carbonyl (C=O) groups excluding carboxylic acids is 1. The quantitative estimate of drug-likeness (QED) is 0.859. The number of nitrogens with one attached hydrogen (secondary N) is 1. The summed E-state index contributed by atoms with van der Waals surface area (Å²) in [5, 5.41) is 12.2. The van der Waals surface area contributed by atoms with Gasteiger partial charge in [-0.3, -0.25) is 4.79 Å². The average molecular weight is 370 g/mol. The zero-order valence-corrected chi connectivity index (χ0v) is 13.7. The summed E-state index contributed by atoms with van der Waals surface area (Å²) >= 11 is 4.34. The molecule has 0 aliphatic rings. The van der Waals surface area contributed by atoms with E-state index in [-0.39, 0.29) is 10.8 Å². The summed E-state index contributed by atoms with van der Waals surface area (Å²) in [6.07, 6.45) is 0. The highest BCUT2D eigenvalue weighted by Crippen LogP contribution is 2.28. The number of aromatic carboxylic acids is 1. The number of carboxylic acids is 1. The van der Waals surface area contributed by atoms with Crippen LogP contribution < -0.4 is 10.1 Å². The van der Waals surface area contributed by atoms with Crippen molar-refractivity contribution in [3.05, 3.63) is 44.7 Å².